The molecule has 0 spiro atoms. The van der Waals surface area contributed by atoms with Gasteiger partial charge in [-0.3, -0.25) is 4.90 Å². The minimum absolute atomic E-state index is 0.0494. The van der Waals surface area contributed by atoms with Gasteiger partial charge in [-0.05, 0) is 29.4 Å². The molecular weight excluding hydrogens is 328 g/mol. The molecule has 0 saturated heterocycles. The highest BCUT2D eigenvalue weighted by atomic mass is 16.4. The second-order valence-corrected chi connectivity index (χ2v) is 8.27. The maximum Gasteiger partial charge on any atom is 0.357 e. The fraction of sp³-hybridized carbons (Fsp3) is 0.524. The number of aromatic nitrogens is 1. The monoisotopic (exact) mass is 358 g/mol. The van der Waals surface area contributed by atoms with Gasteiger partial charge in [0.1, 0.15) is 6.26 Å². The highest BCUT2D eigenvalue weighted by Gasteiger charge is 2.21. The van der Waals surface area contributed by atoms with E-state index in [1.807, 2.05) is 0 Å². The summed E-state index contributed by atoms with van der Waals surface area (Å²) in [4.78, 5) is 17.4. The second-order valence-electron chi connectivity index (χ2n) is 8.27. The van der Waals surface area contributed by atoms with Gasteiger partial charge in [-0.25, -0.2) is 9.78 Å². The Balaban J connectivity index is 2.17. The van der Waals surface area contributed by atoms with Gasteiger partial charge in [0.2, 0.25) is 5.89 Å². The van der Waals surface area contributed by atoms with Crippen LogP contribution < -0.4 is 0 Å². The van der Waals surface area contributed by atoms with Crippen molar-refractivity contribution in [3.05, 3.63) is 53.2 Å². The van der Waals surface area contributed by atoms with Crippen LogP contribution in [-0.4, -0.2) is 27.0 Å². The lowest BCUT2D eigenvalue weighted by atomic mass is 9.86. The van der Waals surface area contributed by atoms with Gasteiger partial charge in [-0.15, -0.1) is 0 Å². The van der Waals surface area contributed by atoms with Crippen LogP contribution in [0.25, 0.3) is 0 Å². The molecule has 1 aromatic carbocycles. The van der Waals surface area contributed by atoms with E-state index in [1.54, 1.807) is 0 Å². The smallest absolute Gasteiger partial charge is 0.357 e. The molecule has 5 nitrogen and oxygen atoms in total. The molecule has 2 aromatic rings. The SMILES string of the molecule is CC(C)C(C)N(Cc1ccc(C(C)(C)C)cc1)Cc1nc(C(=O)O)co1. The fourth-order valence-corrected chi connectivity index (χ4v) is 2.77. The lowest BCUT2D eigenvalue weighted by molar-refractivity contribution is 0.0690. The zero-order valence-electron chi connectivity index (χ0n) is 16.6. The third-order valence-electron chi connectivity index (χ3n) is 4.86. The minimum atomic E-state index is -1.07. The number of carboxylic acid groups (broad SMARTS) is 1. The molecule has 2 rings (SSSR count). The van der Waals surface area contributed by atoms with E-state index < -0.39 is 5.97 Å². The van der Waals surface area contributed by atoms with Crippen LogP contribution in [0.15, 0.2) is 34.9 Å². The Bertz CT molecular complexity index is 726. The Morgan fingerprint density at radius 3 is 2.23 bits per heavy atom. The molecule has 26 heavy (non-hydrogen) atoms. The number of hydrogen-bond donors (Lipinski definition) is 1. The van der Waals surface area contributed by atoms with E-state index in [0.29, 0.717) is 24.4 Å². The molecule has 1 heterocycles. The van der Waals surface area contributed by atoms with Gasteiger partial charge in [0.05, 0.1) is 6.54 Å². The van der Waals surface area contributed by atoms with Crippen molar-refractivity contribution < 1.29 is 14.3 Å². The van der Waals surface area contributed by atoms with Crippen molar-refractivity contribution in [1.29, 1.82) is 0 Å². The summed E-state index contributed by atoms with van der Waals surface area (Å²) in [5.41, 5.74) is 2.61. The van der Waals surface area contributed by atoms with Gasteiger partial charge in [0, 0.05) is 12.6 Å². The predicted octanol–water partition coefficient (Wildman–Crippen LogP) is 4.72. The maximum atomic E-state index is 11.0. The van der Waals surface area contributed by atoms with Crippen LogP contribution >= 0.6 is 0 Å². The molecule has 1 unspecified atom stereocenters. The van der Waals surface area contributed by atoms with Crippen LogP contribution in [0.4, 0.5) is 0 Å². The van der Waals surface area contributed by atoms with Gasteiger partial charge in [-0.2, -0.15) is 0 Å². The highest BCUT2D eigenvalue weighted by molar-refractivity contribution is 5.84. The van der Waals surface area contributed by atoms with E-state index in [-0.39, 0.29) is 11.1 Å². The lowest BCUT2D eigenvalue weighted by Crippen LogP contribution is -2.35. The van der Waals surface area contributed by atoms with Crippen LogP contribution in [0.1, 0.15) is 69.0 Å². The Kier molecular flexibility index (Phi) is 6.24. The van der Waals surface area contributed by atoms with E-state index in [0.717, 1.165) is 6.54 Å². The van der Waals surface area contributed by atoms with E-state index in [2.05, 4.69) is 75.7 Å². The first-order valence-corrected chi connectivity index (χ1v) is 9.09. The minimum Gasteiger partial charge on any atom is -0.476 e. The summed E-state index contributed by atoms with van der Waals surface area (Å²) < 4.78 is 5.35. The summed E-state index contributed by atoms with van der Waals surface area (Å²) >= 11 is 0. The standard InChI is InChI=1S/C21H30N2O3/c1-14(2)15(3)23(12-19-22-18(13-26-19)20(24)25)11-16-7-9-17(10-8-16)21(4,5)6/h7-10,13-15H,11-12H2,1-6H3,(H,24,25). The number of carboxylic acids is 1. The number of aromatic carboxylic acids is 1. The Labute approximate surface area is 156 Å². The summed E-state index contributed by atoms with van der Waals surface area (Å²) in [6.45, 7) is 14.4. The first-order valence-electron chi connectivity index (χ1n) is 9.09. The van der Waals surface area contributed by atoms with Gasteiger partial charge in [0.15, 0.2) is 5.69 Å². The molecule has 0 fully saturated rings. The molecule has 1 N–H and O–H groups in total. The quantitative estimate of drug-likeness (QED) is 0.776. The molecule has 0 bridgehead atoms. The Morgan fingerprint density at radius 1 is 1.15 bits per heavy atom. The Morgan fingerprint density at radius 2 is 1.77 bits per heavy atom. The molecule has 0 aliphatic carbocycles. The molecule has 1 aromatic heterocycles. The first kappa shape index (κ1) is 20.2. The van der Waals surface area contributed by atoms with E-state index in [1.165, 1.54) is 17.4 Å². The number of rotatable bonds is 7. The van der Waals surface area contributed by atoms with Gasteiger partial charge < -0.3 is 9.52 Å². The molecule has 1 atom stereocenters. The molecule has 0 amide bonds. The normalized spacial score (nSPS) is 13.4. The lowest BCUT2D eigenvalue weighted by Gasteiger charge is -2.31. The van der Waals surface area contributed by atoms with Crippen LogP contribution in [-0.2, 0) is 18.5 Å². The zero-order chi connectivity index (χ0) is 19.5. The van der Waals surface area contributed by atoms with Crippen LogP contribution in [0.5, 0.6) is 0 Å². The molecule has 0 aliphatic rings. The predicted molar refractivity (Wildman–Crippen MR) is 102 cm³/mol. The zero-order valence-corrected chi connectivity index (χ0v) is 16.6. The second kappa shape index (κ2) is 8.04. The largest absolute Gasteiger partial charge is 0.476 e. The van der Waals surface area contributed by atoms with Crippen molar-refractivity contribution in [1.82, 2.24) is 9.88 Å². The van der Waals surface area contributed by atoms with Crippen molar-refractivity contribution in [3.63, 3.8) is 0 Å². The summed E-state index contributed by atoms with van der Waals surface area (Å²) in [7, 11) is 0. The van der Waals surface area contributed by atoms with E-state index in [4.69, 9.17) is 9.52 Å². The third-order valence-corrected chi connectivity index (χ3v) is 4.86. The number of oxazole rings is 1. The number of hydrogen-bond acceptors (Lipinski definition) is 4. The molecule has 5 heteroatoms. The van der Waals surface area contributed by atoms with Crippen LogP contribution in [0, 0.1) is 5.92 Å². The highest BCUT2D eigenvalue weighted by Crippen LogP contribution is 2.24. The van der Waals surface area contributed by atoms with Crippen molar-refractivity contribution in [2.45, 2.75) is 66.1 Å². The topological polar surface area (TPSA) is 66.6 Å². The van der Waals surface area contributed by atoms with Crippen molar-refractivity contribution in [3.8, 4) is 0 Å². The average Bonchev–Trinajstić information content (AvgIpc) is 3.02. The Hall–Kier alpha value is -2.14. The fourth-order valence-electron chi connectivity index (χ4n) is 2.77. The van der Waals surface area contributed by atoms with E-state index >= 15 is 0 Å². The average molecular weight is 358 g/mol. The van der Waals surface area contributed by atoms with E-state index in [9.17, 15) is 4.79 Å². The van der Waals surface area contributed by atoms with Crippen LogP contribution in [0.2, 0.25) is 0 Å². The molecule has 0 aliphatic heterocycles. The van der Waals surface area contributed by atoms with Crippen molar-refractivity contribution in [2.24, 2.45) is 5.92 Å². The summed E-state index contributed by atoms with van der Waals surface area (Å²) in [5, 5.41) is 9.02. The van der Waals surface area contributed by atoms with Crippen LogP contribution in [0.3, 0.4) is 0 Å². The van der Waals surface area contributed by atoms with Gasteiger partial charge in [-0.1, -0.05) is 58.9 Å². The van der Waals surface area contributed by atoms with Crippen molar-refractivity contribution in [2.75, 3.05) is 0 Å². The number of nitrogens with zero attached hydrogens (tertiary/aromatic N) is 2. The maximum absolute atomic E-state index is 11.0. The van der Waals surface area contributed by atoms with Gasteiger partial charge in [0.25, 0.3) is 0 Å². The number of carbonyl (C=O) groups is 1. The molecule has 0 radical (unpaired) electrons. The number of benzene rings is 1. The summed E-state index contributed by atoms with van der Waals surface area (Å²) in [5.74, 6) is -0.180. The first-order chi connectivity index (χ1) is 12.1. The molecule has 142 valence electrons. The van der Waals surface area contributed by atoms with Crippen molar-refractivity contribution >= 4 is 5.97 Å². The summed E-state index contributed by atoms with van der Waals surface area (Å²) in [6, 6.07) is 9.00. The summed E-state index contributed by atoms with van der Waals surface area (Å²) in [6.07, 6.45) is 1.20. The molecule has 0 saturated carbocycles. The van der Waals surface area contributed by atoms with Gasteiger partial charge >= 0.3 is 5.97 Å². The molecular formula is C21H30N2O3. The third kappa shape index (κ3) is 5.18.